The van der Waals surface area contributed by atoms with E-state index in [2.05, 4.69) is 5.32 Å². The molecule has 0 aliphatic heterocycles. The molecule has 0 heterocycles. The molecule has 0 aliphatic rings. The average Bonchev–Trinajstić information content (AvgIpc) is 3.00. The van der Waals surface area contributed by atoms with Gasteiger partial charge in [0.1, 0.15) is 12.6 Å². The first kappa shape index (κ1) is 32.1. The van der Waals surface area contributed by atoms with E-state index in [0.29, 0.717) is 33.4 Å². The Hall–Kier alpha value is -3.85. The summed E-state index contributed by atoms with van der Waals surface area (Å²) in [6, 6.07) is 28.2. The van der Waals surface area contributed by atoms with E-state index in [1.807, 2.05) is 30.3 Å². The van der Waals surface area contributed by atoms with Crippen LogP contribution in [-0.2, 0) is 32.6 Å². The number of hydrogen-bond acceptors (Lipinski definition) is 4. The predicted molar refractivity (Wildman–Crippen MR) is 172 cm³/mol. The molecular formula is C33H33Cl2N3O4S. The highest BCUT2D eigenvalue weighted by atomic mass is 35.5. The number of hydrogen-bond donors (Lipinski definition) is 1. The second-order valence-corrected chi connectivity index (χ2v) is 12.7. The molecule has 10 heteroatoms. The third-order valence-corrected chi connectivity index (χ3v) is 9.34. The van der Waals surface area contributed by atoms with E-state index >= 15 is 0 Å². The van der Waals surface area contributed by atoms with Gasteiger partial charge in [-0.2, -0.15) is 0 Å². The van der Waals surface area contributed by atoms with Crippen molar-refractivity contribution in [2.75, 3.05) is 17.4 Å². The molecule has 0 fully saturated rings. The molecule has 0 aromatic heterocycles. The molecule has 7 nitrogen and oxygen atoms in total. The molecule has 0 bridgehead atoms. The molecule has 4 aromatic carbocycles. The molecule has 0 aliphatic carbocycles. The van der Waals surface area contributed by atoms with Crippen LogP contribution in [0.2, 0.25) is 10.0 Å². The maximum absolute atomic E-state index is 14.4. The molecule has 224 valence electrons. The van der Waals surface area contributed by atoms with Crippen LogP contribution in [0.15, 0.2) is 108 Å². The zero-order valence-electron chi connectivity index (χ0n) is 23.9. The SMILES string of the molecule is CCNC(=O)[C@H](Cc1ccccc1)N(Cc1ccccc1Cl)C(=O)CN(c1ccc(Cl)cc1C)S(=O)(=O)c1ccccc1. The number of carbonyl (C=O) groups excluding carboxylic acids is 2. The quantitative estimate of drug-likeness (QED) is 0.198. The minimum atomic E-state index is -4.20. The molecule has 0 saturated heterocycles. The molecule has 4 aromatic rings. The van der Waals surface area contributed by atoms with Gasteiger partial charge in [0.25, 0.3) is 10.0 Å². The second kappa shape index (κ2) is 14.6. The highest BCUT2D eigenvalue weighted by Crippen LogP contribution is 2.30. The Labute approximate surface area is 263 Å². The summed E-state index contributed by atoms with van der Waals surface area (Å²) in [6.07, 6.45) is 0.217. The van der Waals surface area contributed by atoms with E-state index in [4.69, 9.17) is 23.2 Å². The average molecular weight is 639 g/mol. The normalized spacial score (nSPS) is 11.9. The topological polar surface area (TPSA) is 86.8 Å². The highest BCUT2D eigenvalue weighted by Gasteiger charge is 2.35. The second-order valence-electron chi connectivity index (χ2n) is 9.97. The lowest BCUT2D eigenvalue weighted by Gasteiger charge is -2.34. The van der Waals surface area contributed by atoms with Crippen molar-refractivity contribution in [3.05, 3.63) is 130 Å². The van der Waals surface area contributed by atoms with Crippen molar-refractivity contribution < 1.29 is 18.0 Å². The predicted octanol–water partition coefficient (Wildman–Crippen LogP) is 6.27. The number of nitrogens with one attached hydrogen (secondary N) is 1. The molecule has 0 saturated carbocycles. The molecule has 4 rings (SSSR count). The van der Waals surface area contributed by atoms with Gasteiger partial charge in [-0.05, 0) is 66.9 Å². The Morgan fingerprint density at radius 3 is 2.12 bits per heavy atom. The lowest BCUT2D eigenvalue weighted by Crippen LogP contribution is -2.53. The van der Waals surface area contributed by atoms with Gasteiger partial charge in [-0.3, -0.25) is 13.9 Å². The summed E-state index contributed by atoms with van der Waals surface area (Å²) in [4.78, 5) is 29.4. The number of aryl methyl sites for hydroxylation is 1. The van der Waals surface area contributed by atoms with Crippen LogP contribution in [0.3, 0.4) is 0 Å². The van der Waals surface area contributed by atoms with Crippen LogP contribution < -0.4 is 9.62 Å². The van der Waals surface area contributed by atoms with Gasteiger partial charge in [0.05, 0.1) is 10.6 Å². The van der Waals surface area contributed by atoms with Gasteiger partial charge in [-0.1, -0.05) is 89.9 Å². The Bertz CT molecular complexity index is 1670. The fraction of sp³-hybridized carbons (Fsp3) is 0.212. The van der Waals surface area contributed by atoms with Gasteiger partial charge in [0.2, 0.25) is 11.8 Å². The first-order valence-electron chi connectivity index (χ1n) is 13.8. The summed E-state index contributed by atoms with van der Waals surface area (Å²) < 4.78 is 29.2. The Balaban J connectivity index is 1.82. The lowest BCUT2D eigenvalue weighted by molar-refractivity contribution is -0.140. The number of likely N-dealkylation sites (N-methyl/N-ethyl adjacent to an activating group) is 1. The molecule has 1 N–H and O–H groups in total. The number of halogens is 2. The largest absolute Gasteiger partial charge is 0.355 e. The van der Waals surface area contributed by atoms with E-state index in [-0.39, 0.29) is 23.8 Å². The van der Waals surface area contributed by atoms with Crippen LogP contribution in [0.25, 0.3) is 0 Å². The maximum atomic E-state index is 14.4. The number of rotatable bonds is 12. The van der Waals surface area contributed by atoms with Gasteiger partial charge >= 0.3 is 0 Å². The van der Waals surface area contributed by atoms with E-state index < -0.39 is 28.5 Å². The lowest BCUT2D eigenvalue weighted by atomic mass is 10.0. The molecular weight excluding hydrogens is 605 g/mol. The van der Waals surface area contributed by atoms with E-state index in [1.54, 1.807) is 74.5 Å². The fourth-order valence-corrected chi connectivity index (χ4v) is 6.71. The molecule has 0 spiro atoms. The third-order valence-electron chi connectivity index (χ3n) is 6.96. The summed E-state index contributed by atoms with van der Waals surface area (Å²) >= 11 is 12.7. The molecule has 43 heavy (non-hydrogen) atoms. The molecule has 0 radical (unpaired) electrons. The number of anilines is 1. The van der Waals surface area contributed by atoms with Crippen LogP contribution in [0.4, 0.5) is 5.69 Å². The van der Waals surface area contributed by atoms with Gasteiger partial charge in [0.15, 0.2) is 0 Å². The smallest absolute Gasteiger partial charge is 0.264 e. The standard InChI is InChI=1S/C33H33Cl2N3O4S/c1-3-36-33(40)31(21-25-12-6-4-7-13-25)37(22-26-14-10-11-17-29(26)35)32(39)23-38(30-19-18-27(34)20-24(30)2)43(41,42)28-15-8-5-9-16-28/h4-20,31H,3,21-23H2,1-2H3,(H,36,40)/t31-/m0/s1. The third kappa shape index (κ3) is 7.96. The van der Waals surface area contributed by atoms with E-state index in [0.717, 1.165) is 9.87 Å². The van der Waals surface area contributed by atoms with Crippen molar-refractivity contribution in [1.29, 1.82) is 0 Å². The van der Waals surface area contributed by atoms with Crippen LogP contribution in [0.5, 0.6) is 0 Å². The van der Waals surface area contributed by atoms with Crippen molar-refractivity contribution >= 4 is 50.7 Å². The maximum Gasteiger partial charge on any atom is 0.264 e. The molecule has 2 amide bonds. The van der Waals surface area contributed by atoms with Crippen molar-refractivity contribution in [2.45, 2.75) is 37.8 Å². The van der Waals surface area contributed by atoms with Gasteiger partial charge < -0.3 is 10.2 Å². The Morgan fingerprint density at radius 2 is 1.49 bits per heavy atom. The van der Waals surface area contributed by atoms with E-state index in [9.17, 15) is 18.0 Å². The molecule has 1 atom stereocenters. The number of benzene rings is 4. The van der Waals surface area contributed by atoms with Crippen molar-refractivity contribution in [3.63, 3.8) is 0 Å². The summed E-state index contributed by atoms with van der Waals surface area (Å²) in [5.74, 6) is -0.923. The number of nitrogens with zero attached hydrogens (tertiary/aromatic N) is 2. The van der Waals surface area contributed by atoms with Crippen molar-refractivity contribution in [3.8, 4) is 0 Å². The van der Waals surface area contributed by atoms with Crippen LogP contribution in [0, 0.1) is 6.92 Å². The van der Waals surface area contributed by atoms with Gasteiger partial charge in [-0.15, -0.1) is 0 Å². The Kier molecular flexibility index (Phi) is 10.9. The first-order chi connectivity index (χ1) is 20.6. The summed E-state index contributed by atoms with van der Waals surface area (Å²) in [5, 5.41) is 3.71. The minimum absolute atomic E-state index is 0.00797. The number of sulfonamides is 1. The van der Waals surface area contributed by atoms with Crippen LogP contribution in [0.1, 0.15) is 23.6 Å². The number of amides is 2. The first-order valence-corrected chi connectivity index (χ1v) is 16.0. The monoisotopic (exact) mass is 637 g/mol. The Morgan fingerprint density at radius 1 is 0.860 bits per heavy atom. The molecule has 0 unspecified atom stereocenters. The van der Waals surface area contributed by atoms with Crippen molar-refractivity contribution in [1.82, 2.24) is 10.2 Å². The fourth-order valence-electron chi connectivity index (χ4n) is 4.79. The minimum Gasteiger partial charge on any atom is -0.355 e. The zero-order chi connectivity index (χ0) is 31.0. The summed E-state index contributed by atoms with van der Waals surface area (Å²) in [6.45, 7) is 3.32. The van der Waals surface area contributed by atoms with Gasteiger partial charge in [-0.25, -0.2) is 8.42 Å². The van der Waals surface area contributed by atoms with Crippen LogP contribution >= 0.6 is 23.2 Å². The van der Waals surface area contributed by atoms with Crippen molar-refractivity contribution in [2.24, 2.45) is 0 Å². The van der Waals surface area contributed by atoms with Gasteiger partial charge in [0, 0.05) is 29.6 Å². The zero-order valence-corrected chi connectivity index (χ0v) is 26.2. The summed E-state index contributed by atoms with van der Waals surface area (Å²) in [5.41, 5.74) is 2.34. The number of carbonyl (C=O) groups is 2. The summed E-state index contributed by atoms with van der Waals surface area (Å²) in [7, 11) is -4.20. The highest BCUT2D eigenvalue weighted by molar-refractivity contribution is 7.92. The van der Waals surface area contributed by atoms with E-state index in [1.165, 1.54) is 17.0 Å². The van der Waals surface area contributed by atoms with Crippen LogP contribution in [-0.4, -0.2) is 44.3 Å².